The second-order valence-corrected chi connectivity index (χ2v) is 6.49. The molecule has 25 heavy (non-hydrogen) atoms. The number of nitrogens with zero attached hydrogens (tertiary/aromatic N) is 4. The van der Waals surface area contributed by atoms with Crippen molar-refractivity contribution in [2.75, 3.05) is 6.61 Å². The van der Waals surface area contributed by atoms with Crippen molar-refractivity contribution in [2.24, 2.45) is 5.16 Å². The molecule has 0 bridgehead atoms. The first-order valence-corrected chi connectivity index (χ1v) is 8.61. The lowest BCUT2D eigenvalue weighted by molar-refractivity contribution is 0.127. The molecule has 126 valence electrons. The molecule has 2 heterocycles. The number of aromatic nitrogens is 3. The third kappa shape index (κ3) is 3.41. The largest absolute Gasteiger partial charge is 0.490 e. The first-order chi connectivity index (χ1) is 12.3. The predicted octanol–water partition coefficient (Wildman–Crippen LogP) is 3.60. The second-order valence-electron chi connectivity index (χ2n) is 5.57. The van der Waals surface area contributed by atoms with Crippen molar-refractivity contribution in [2.45, 2.75) is 12.6 Å². The molecule has 2 aromatic carbocycles. The number of benzene rings is 2. The van der Waals surface area contributed by atoms with Crippen molar-refractivity contribution in [1.82, 2.24) is 14.8 Å². The maximum absolute atomic E-state index is 5.84. The maximum Gasteiger partial charge on any atom is 0.142 e. The minimum absolute atomic E-state index is 0.178. The van der Waals surface area contributed by atoms with Gasteiger partial charge in [0.05, 0.1) is 0 Å². The zero-order valence-electron chi connectivity index (χ0n) is 13.2. The highest BCUT2D eigenvalue weighted by molar-refractivity contribution is 9.10. The topological polar surface area (TPSA) is 61.5 Å². The Morgan fingerprint density at radius 3 is 2.84 bits per heavy atom. The van der Waals surface area contributed by atoms with Crippen LogP contribution >= 0.6 is 15.9 Å². The molecule has 6 nitrogen and oxygen atoms in total. The lowest BCUT2D eigenvalue weighted by Crippen LogP contribution is -2.31. The maximum atomic E-state index is 5.84. The molecule has 7 heteroatoms. The van der Waals surface area contributed by atoms with E-state index in [1.165, 1.54) is 6.33 Å². The van der Waals surface area contributed by atoms with Crippen molar-refractivity contribution in [3.8, 4) is 5.75 Å². The van der Waals surface area contributed by atoms with Crippen LogP contribution < -0.4 is 4.74 Å². The summed E-state index contributed by atoms with van der Waals surface area (Å²) in [6.07, 6.45) is 3.16. The molecule has 0 N–H and O–H groups in total. The van der Waals surface area contributed by atoms with Crippen molar-refractivity contribution < 1.29 is 9.57 Å². The Kier molecular flexibility index (Phi) is 4.47. The number of para-hydroxylation sites is 1. The molecule has 0 saturated heterocycles. The van der Waals surface area contributed by atoms with Crippen LogP contribution in [0.1, 0.15) is 17.2 Å². The van der Waals surface area contributed by atoms with Crippen LogP contribution in [-0.4, -0.2) is 27.1 Å². The molecule has 1 atom stereocenters. The summed E-state index contributed by atoms with van der Waals surface area (Å²) < 4.78 is 8.61. The zero-order valence-corrected chi connectivity index (χ0v) is 14.8. The number of fused-ring (bicyclic) bond motifs is 1. The number of hydrogen-bond acceptors (Lipinski definition) is 5. The molecule has 0 aliphatic carbocycles. The van der Waals surface area contributed by atoms with E-state index < -0.39 is 0 Å². The van der Waals surface area contributed by atoms with Crippen LogP contribution in [0.25, 0.3) is 0 Å². The van der Waals surface area contributed by atoms with Gasteiger partial charge in [0.15, 0.2) is 0 Å². The normalized spacial score (nSPS) is 17.8. The molecule has 4 rings (SSSR count). The van der Waals surface area contributed by atoms with Gasteiger partial charge in [0.25, 0.3) is 0 Å². The number of halogens is 1. The Bertz CT molecular complexity index is 878. The van der Waals surface area contributed by atoms with Gasteiger partial charge in [-0.1, -0.05) is 45.4 Å². The highest BCUT2D eigenvalue weighted by Crippen LogP contribution is 2.29. The van der Waals surface area contributed by atoms with E-state index >= 15 is 0 Å². The summed E-state index contributed by atoms with van der Waals surface area (Å²) >= 11 is 3.43. The van der Waals surface area contributed by atoms with E-state index in [1.54, 1.807) is 11.0 Å². The summed E-state index contributed by atoms with van der Waals surface area (Å²) in [5.74, 6) is 0.796. The number of hydrogen-bond donors (Lipinski definition) is 0. The number of ether oxygens (including phenoxy) is 1. The van der Waals surface area contributed by atoms with Gasteiger partial charge in [-0.05, 0) is 29.8 Å². The van der Waals surface area contributed by atoms with Crippen molar-refractivity contribution in [3.63, 3.8) is 0 Å². The minimum atomic E-state index is -0.178. The van der Waals surface area contributed by atoms with E-state index in [-0.39, 0.29) is 6.04 Å². The fourth-order valence-corrected chi connectivity index (χ4v) is 2.94. The van der Waals surface area contributed by atoms with E-state index in [2.05, 4.69) is 31.2 Å². The van der Waals surface area contributed by atoms with Gasteiger partial charge in [-0.3, -0.25) is 0 Å². The molecule has 1 unspecified atom stereocenters. The molecule has 0 radical (unpaired) electrons. The molecule has 3 aromatic rings. The summed E-state index contributed by atoms with van der Waals surface area (Å²) in [5, 5.41) is 8.64. The SMILES string of the molecule is Brc1ccc(CO/N=C2\c3ccccc3OCC2n2cncn2)cc1. The fourth-order valence-electron chi connectivity index (χ4n) is 2.68. The van der Waals surface area contributed by atoms with E-state index in [0.717, 1.165) is 27.1 Å². The smallest absolute Gasteiger partial charge is 0.142 e. The van der Waals surface area contributed by atoms with Gasteiger partial charge < -0.3 is 9.57 Å². The lowest BCUT2D eigenvalue weighted by atomic mass is 10.0. The van der Waals surface area contributed by atoms with Crippen LogP contribution in [0.15, 0.2) is 70.8 Å². The van der Waals surface area contributed by atoms with Gasteiger partial charge in [-0.25, -0.2) is 9.67 Å². The molecular formula is C18H15BrN4O2. The highest BCUT2D eigenvalue weighted by atomic mass is 79.9. The van der Waals surface area contributed by atoms with E-state index in [0.29, 0.717) is 13.2 Å². The monoisotopic (exact) mass is 398 g/mol. The van der Waals surface area contributed by atoms with Gasteiger partial charge in [-0.15, -0.1) is 0 Å². The van der Waals surface area contributed by atoms with Gasteiger partial charge >= 0.3 is 0 Å². The standard InChI is InChI=1S/C18H15BrN4O2/c19-14-7-5-13(6-8-14)9-25-22-18-15-3-1-2-4-17(15)24-10-16(18)23-12-20-11-21-23/h1-8,11-12,16H,9-10H2/b22-18+. The average molecular weight is 399 g/mol. The van der Waals surface area contributed by atoms with Gasteiger partial charge in [0.2, 0.25) is 0 Å². The van der Waals surface area contributed by atoms with Crippen molar-refractivity contribution in [3.05, 3.63) is 76.8 Å². The summed E-state index contributed by atoms with van der Waals surface area (Å²) in [6.45, 7) is 0.824. The quantitative estimate of drug-likeness (QED) is 0.629. The average Bonchev–Trinajstić information content (AvgIpc) is 3.18. The van der Waals surface area contributed by atoms with E-state index in [1.807, 2.05) is 48.5 Å². The van der Waals surface area contributed by atoms with Gasteiger partial charge in [0.1, 0.15) is 43.4 Å². The van der Waals surface area contributed by atoms with Crippen molar-refractivity contribution in [1.29, 1.82) is 0 Å². The van der Waals surface area contributed by atoms with Crippen LogP contribution in [0.3, 0.4) is 0 Å². The lowest BCUT2D eigenvalue weighted by Gasteiger charge is -2.26. The minimum Gasteiger partial charge on any atom is -0.490 e. The molecule has 1 aromatic heterocycles. The first kappa shape index (κ1) is 15.8. The van der Waals surface area contributed by atoms with Crippen LogP contribution in [0.2, 0.25) is 0 Å². The van der Waals surface area contributed by atoms with Crippen molar-refractivity contribution >= 4 is 21.6 Å². The molecule has 0 spiro atoms. The summed E-state index contributed by atoms with van der Waals surface area (Å²) in [6, 6.07) is 15.6. The van der Waals surface area contributed by atoms with Gasteiger partial charge in [-0.2, -0.15) is 5.10 Å². The Morgan fingerprint density at radius 1 is 1.20 bits per heavy atom. The zero-order chi connectivity index (χ0) is 17.1. The van der Waals surface area contributed by atoms with Gasteiger partial charge in [0, 0.05) is 10.0 Å². The Hall–Kier alpha value is -2.67. The summed E-state index contributed by atoms with van der Waals surface area (Å²) in [4.78, 5) is 9.66. The molecule has 0 saturated carbocycles. The molecular weight excluding hydrogens is 384 g/mol. The molecule has 0 fully saturated rings. The number of rotatable bonds is 4. The summed E-state index contributed by atoms with van der Waals surface area (Å²) in [7, 11) is 0. The Labute approximate surface area is 153 Å². The third-order valence-corrected chi connectivity index (χ3v) is 4.47. The van der Waals surface area contributed by atoms with Crippen LogP contribution in [0.5, 0.6) is 5.75 Å². The molecule has 1 aliphatic rings. The molecule has 1 aliphatic heterocycles. The van der Waals surface area contributed by atoms with E-state index in [9.17, 15) is 0 Å². The van der Waals surface area contributed by atoms with Crippen LogP contribution in [0.4, 0.5) is 0 Å². The Balaban J connectivity index is 1.61. The number of oxime groups is 1. The second kappa shape index (κ2) is 7.06. The van der Waals surface area contributed by atoms with Crippen LogP contribution in [0, 0.1) is 0 Å². The van der Waals surface area contributed by atoms with Crippen LogP contribution in [-0.2, 0) is 11.4 Å². The predicted molar refractivity (Wildman–Crippen MR) is 96.5 cm³/mol. The Morgan fingerprint density at radius 2 is 2.04 bits per heavy atom. The summed E-state index contributed by atoms with van der Waals surface area (Å²) in [5.41, 5.74) is 2.74. The first-order valence-electron chi connectivity index (χ1n) is 7.82. The fraction of sp³-hybridized carbons (Fsp3) is 0.167. The highest BCUT2D eigenvalue weighted by Gasteiger charge is 2.29. The van der Waals surface area contributed by atoms with E-state index in [4.69, 9.17) is 9.57 Å². The third-order valence-electron chi connectivity index (χ3n) is 3.94. The molecule has 0 amide bonds.